The fourth-order valence-corrected chi connectivity index (χ4v) is 4.00. The third kappa shape index (κ3) is 4.77. The zero-order chi connectivity index (χ0) is 24.3. The van der Waals surface area contributed by atoms with Crippen molar-refractivity contribution in [3.8, 4) is 0 Å². The summed E-state index contributed by atoms with van der Waals surface area (Å²) in [5.41, 5.74) is 0.344. The van der Waals surface area contributed by atoms with Crippen molar-refractivity contribution in [1.29, 1.82) is 0 Å². The molecule has 33 heavy (non-hydrogen) atoms. The van der Waals surface area contributed by atoms with E-state index in [9.17, 15) is 33.9 Å². The van der Waals surface area contributed by atoms with Gasteiger partial charge < -0.3 is 10.4 Å². The van der Waals surface area contributed by atoms with Gasteiger partial charge in [0, 0.05) is 6.42 Å². The topological polar surface area (TPSA) is 144 Å². The zero-order valence-corrected chi connectivity index (χ0v) is 18.4. The molecule has 5 amide bonds. The number of fused-ring (bicyclic) bond motifs is 1. The Balaban J connectivity index is 1.76. The first-order valence-electron chi connectivity index (χ1n) is 10.7. The number of hydrogen-bond acceptors (Lipinski definition) is 7. The number of rotatable bonds is 9. The van der Waals surface area contributed by atoms with Crippen LogP contribution in [-0.2, 0) is 19.2 Å². The molecule has 176 valence electrons. The second-order valence-electron chi connectivity index (χ2n) is 7.84. The number of carbonyl (C=O) groups excluding carboxylic acids is 5. The molecule has 1 fully saturated rings. The molecule has 1 aromatic rings. The average molecular weight is 458 g/mol. The molecule has 0 saturated carbocycles. The molecule has 2 unspecified atom stereocenters. The maximum atomic E-state index is 13.1. The van der Waals surface area contributed by atoms with Crippen LogP contribution in [-0.4, -0.2) is 93.6 Å². The van der Waals surface area contributed by atoms with E-state index in [4.69, 9.17) is 0 Å². The maximum Gasteiger partial charge on any atom is 0.328 e. The molecule has 0 bridgehead atoms. The highest BCUT2D eigenvalue weighted by molar-refractivity contribution is 6.23. The molecule has 0 aliphatic carbocycles. The molecule has 1 saturated heterocycles. The first-order valence-corrected chi connectivity index (χ1v) is 10.7. The summed E-state index contributed by atoms with van der Waals surface area (Å²) in [6.07, 6.45) is -0.199. The molecule has 1 aromatic carbocycles. The van der Waals surface area contributed by atoms with Crippen molar-refractivity contribution in [1.82, 2.24) is 20.0 Å². The quantitative estimate of drug-likeness (QED) is 0.481. The van der Waals surface area contributed by atoms with Crippen LogP contribution in [0.15, 0.2) is 24.3 Å². The molecule has 2 aliphatic rings. The summed E-state index contributed by atoms with van der Waals surface area (Å²) in [7, 11) is 0. The molecule has 0 radical (unpaired) electrons. The van der Waals surface area contributed by atoms with Gasteiger partial charge in [-0.3, -0.25) is 38.7 Å². The molecule has 2 heterocycles. The van der Waals surface area contributed by atoms with E-state index in [1.165, 1.54) is 12.1 Å². The van der Waals surface area contributed by atoms with Gasteiger partial charge in [0.1, 0.15) is 12.1 Å². The van der Waals surface area contributed by atoms with Crippen molar-refractivity contribution in [2.75, 3.05) is 26.2 Å². The first-order chi connectivity index (χ1) is 15.7. The molecule has 11 nitrogen and oxygen atoms in total. The second-order valence-corrected chi connectivity index (χ2v) is 7.84. The summed E-state index contributed by atoms with van der Waals surface area (Å²) < 4.78 is 0. The number of likely N-dealkylation sites (tertiary alicyclic amines) is 1. The number of imide groups is 2. The Morgan fingerprint density at radius 1 is 1.09 bits per heavy atom. The van der Waals surface area contributed by atoms with Crippen LogP contribution in [0.1, 0.15) is 47.4 Å². The highest BCUT2D eigenvalue weighted by atomic mass is 16.4. The number of carboxylic acid groups (broad SMARTS) is 1. The Hall–Kier alpha value is -3.60. The highest BCUT2D eigenvalue weighted by Gasteiger charge is 2.47. The molecule has 2 atom stereocenters. The van der Waals surface area contributed by atoms with Gasteiger partial charge in [-0.1, -0.05) is 26.0 Å². The minimum atomic E-state index is -1.53. The second kappa shape index (κ2) is 9.90. The molecular weight excluding hydrogens is 432 g/mol. The van der Waals surface area contributed by atoms with Gasteiger partial charge in [0.2, 0.25) is 11.8 Å². The SMILES string of the molecule is CCN(CC)CC(=O)NC(CN1C(=O)CCC(N2C(=O)c3ccccc3C2=O)C1=O)C(=O)O. The number of benzene rings is 1. The van der Waals surface area contributed by atoms with Crippen LogP contribution in [0.25, 0.3) is 0 Å². The summed E-state index contributed by atoms with van der Waals surface area (Å²) in [5.74, 6) is -4.70. The van der Waals surface area contributed by atoms with E-state index < -0.39 is 54.1 Å². The molecule has 0 spiro atoms. The Morgan fingerprint density at radius 2 is 1.67 bits per heavy atom. The van der Waals surface area contributed by atoms with E-state index in [1.54, 1.807) is 17.0 Å². The van der Waals surface area contributed by atoms with E-state index in [1.807, 2.05) is 13.8 Å². The Morgan fingerprint density at radius 3 is 2.18 bits per heavy atom. The van der Waals surface area contributed by atoms with Crippen LogP contribution in [0.2, 0.25) is 0 Å². The lowest BCUT2D eigenvalue weighted by molar-refractivity contribution is -0.154. The first kappa shape index (κ1) is 24.1. The van der Waals surface area contributed by atoms with Crippen molar-refractivity contribution in [3.63, 3.8) is 0 Å². The highest BCUT2D eigenvalue weighted by Crippen LogP contribution is 2.29. The molecule has 0 aromatic heterocycles. The summed E-state index contributed by atoms with van der Waals surface area (Å²) in [6.45, 7) is 4.26. The van der Waals surface area contributed by atoms with Crippen molar-refractivity contribution in [2.45, 2.75) is 38.8 Å². The Bertz CT molecular complexity index is 969. The maximum absolute atomic E-state index is 13.1. The van der Waals surface area contributed by atoms with Crippen molar-refractivity contribution in [3.05, 3.63) is 35.4 Å². The Kier molecular flexibility index (Phi) is 7.22. The third-order valence-corrected chi connectivity index (χ3v) is 5.88. The summed E-state index contributed by atoms with van der Waals surface area (Å²) in [4.78, 5) is 78.5. The number of hydrogen-bond donors (Lipinski definition) is 2. The summed E-state index contributed by atoms with van der Waals surface area (Å²) in [6, 6.07) is 3.42. The minimum Gasteiger partial charge on any atom is -0.480 e. The number of likely N-dealkylation sites (N-methyl/N-ethyl adjacent to an activating group) is 1. The van der Waals surface area contributed by atoms with E-state index in [2.05, 4.69) is 5.32 Å². The summed E-state index contributed by atoms with van der Waals surface area (Å²) >= 11 is 0. The van der Waals surface area contributed by atoms with Gasteiger partial charge >= 0.3 is 5.97 Å². The van der Waals surface area contributed by atoms with Crippen LogP contribution < -0.4 is 5.32 Å². The lowest BCUT2D eigenvalue weighted by Crippen LogP contribution is -2.60. The lowest BCUT2D eigenvalue weighted by atomic mass is 10.0. The number of carbonyl (C=O) groups is 6. The molecular formula is C22H26N4O7. The van der Waals surface area contributed by atoms with E-state index >= 15 is 0 Å². The summed E-state index contributed by atoms with van der Waals surface area (Å²) in [5, 5.41) is 11.9. The Labute approximate surface area is 190 Å². The lowest BCUT2D eigenvalue weighted by Gasteiger charge is -2.35. The van der Waals surface area contributed by atoms with E-state index in [-0.39, 0.29) is 30.5 Å². The van der Waals surface area contributed by atoms with Gasteiger partial charge in [-0.25, -0.2) is 4.79 Å². The number of aliphatic carboxylic acids is 1. The minimum absolute atomic E-state index is 0.0314. The van der Waals surface area contributed by atoms with E-state index in [0.717, 1.165) is 4.90 Å². The van der Waals surface area contributed by atoms with E-state index in [0.29, 0.717) is 18.0 Å². The number of amides is 5. The van der Waals surface area contributed by atoms with Crippen molar-refractivity contribution in [2.24, 2.45) is 0 Å². The standard InChI is InChI=1S/C22H26N4O7/c1-3-24(4-2)12-17(27)23-15(22(32)33)11-25-18(28)10-9-16(21(25)31)26-19(29)13-7-5-6-8-14(13)20(26)30/h5-8,15-16H,3-4,9-12H2,1-2H3,(H,23,27)(H,32,33). The predicted molar refractivity (Wildman–Crippen MR) is 114 cm³/mol. The molecule has 2 N–H and O–H groups in total. The monoisotopic (exact) mass is 458 g/mol. The van der Waals surface area contributed by atoms with Crippen LogP contribution >= 0.6 is 0 Å². The van der Waals surface area contributed by atoms with Gasteiger partial charge in [0.25, 0.3) is 17.7 Å². The average Bonchev–Trinajstić information content (AvgIpc) is 3.04. The number of carboxylic acids is 1. The van der Waals surface area contributed by atoms with Crippen molar-refractivity contribution < 1.29 is 33.9 Å². The molecule has 11 heteroatoms. The number of nitrogens with zero attached hydrogens (tertiary/aromatic N) is 3. The largest absolute Gasteiger partial charge is 0.480 e. The smallest absolute Gasteiger partial charge is 0.328 e. The van der Waals surface area contributed by atoms with Crippen molar-refractivity contribution >= 4 is 35.5 Å². The third-order valence-electron chi connectivity index (χ3n) is 5.88. The fourth-order valence-electron chi connectivity index (χ4n) is 4.00. The van der Waals surface area contributed by atoms with Gasteiger partial charge in [-0.05, 0) is 31.6 Å². The van der Waals surface area contributed by atoms with Gasteiger partial charge in [-0.15, -0.1) is 0 Å². The predicted octanol–water partition coefficient (Wildman–Crippen LogP) is -0.289. The number of nitrogens with one attached hydrogen (secondary N) is 1. The molecule has 3 rings (SSSR count). The van der Waals surface area contributed by atoms with Crippen LogP contribution in [0, 0.1) is 0 Å². The van der Waals surface area contributed by atoms with Crippen LogP contribution in [0.4, 0.5) is 0 Å². The fraction of sp³-hybridized carbons (Fsp3) is 0.455. The molecule has 2 aliphatic heterocycles. The van der Waals surface area contributed by atoms with Gasteiger partial charge in [-0.2, -0.15) is 0 Å². The zero-order valence-electron chi connectivity index (χ0n) is 18.4. The van der Waals surface area contributed by atoms with Gasteiger partial charge in [0.15, 0.2) is 0 Å². The van der Waals surface area contributed by atoms with Crippen LogP contribution in [0.3, 0.4) is 0 Å². The van der Waals surface area contributed by atoms with Gasteiger partial charge in [0.05, 0.1) is 24.2 Å². The van der Waals surface area contributed by atoms with Crippen LogP contribution in [0.5, 0.6) is 0 Å². The number of piperidine rings is 1. The normalized spacial score (nSPS) is 19.2.